The number of allylic oxidation sites excluding steroid dienone is 6. The summed E-state index contributed by atoms with van der Waals surface area (Å²) in [6.07, 6.45) is 11.2. The first kappa shape index (κ1) is 14.2. The molecule has 0 fully saturated rings. The fourth-order valence-corrected chi connectivity index (χ4v) is 2.94. The summed E-state index contributed by atoms with van der Waals surface area (Å²) in [4.78, 5) is 0. The molecule has 2 rings (SSSR count). The molecule has 0 aliphatic heterocycles. The second-order valence-electron chi connectivity index (χ2n) is 4.13. The Hall–Kier alpha value is 0.0931. The van der Waals surface area contributed by atoms with Crippen molar-refractivity contribution in [3.8, 4) is 0 Å². The van der Waals surface area contributed by atoms with Crippen molar-refractivity contribution in [1.29, 1.82) is 0 Å². The van der Waals surface area contributed by atoms with Gasteiger partial charge in [-0.25, -0.2) is 0 Å². The van der Waals surface area contributed by atoms with Crippen molar-refractivity contribution in [2.24, 2.45) is 0 Å². The van der Waals surface area contributed by atoms with Crippen LogP contribution in [0.15, 0.2) is 46.6 Å². The molecular formula is C13H15ClOZr. The number of halogens is 1. The molecule has 3 heteroatoms. The Balaban J connectivity index is 0.00000128. The van der Waals surface area contributed by atoms with Gasteiger partial charge in [0.2, 0.25) is 0 Å². The summed E-state index contributed by atoms with van der Waals surface area (Å²) >= 11 is 1.15. The first-order valence-corrected chi connectivity index (χ1v) is 6.29. The van der Waals surface area contributed by atoms with Gasteiger partial charge in [-0.1, -0.05) is 0 Å². The van der Waals surface area contributed by atoms with Crippen LogP contribution in [0.1, 0.15) is 26.7 Å². The predicted molar refractivity (Wildman–Crippen MR) is 57.8 cm³/mol. The van der Waals surface area contributed by atoms with Crippen molar-refractivity contribution in [2.75, 3.05) is 0 Å². The Labute approximate surface area is 119 Å². The van der Waals surface area contributed by atoms with Gasteiger partial charge in [0.25, 0.3) is 0 Å². The van der Waals surface area contributed by atoms with E-state index in [9.17, 15) is 0 Å². The maximum atomic E-state index is 5.75. The minimum Gasteiger partial charge on any atom is -1.00 e. The van der Waals surface area contributed by atoms with Gasteiger partial charge in [0, 0.05) is 0 Å². The summed E-state index contributed by atoms with van der Waals surface area (Å²) in [6.45, 7) is 4.36. The molecule has 0 atom stereocenters. The Morgan fingerprint density at radius 2 is 1.50 bits per heavy atom. The van der Waals surface area contributed by atoms with Crippen molar-refractivity contribution in [2.45, 2.75) is 32.8 Å². The normalized spacial score (nSPS) is 18.9. The average Bonchev–Trinajstić information content (AvgIpc) is 2.80. The van der Waals surface area contributed by atoms with E-state index in [1.165, 1.54) is 22.3 Å². The molecule has 0 amide bonds. The zero-order valence-electron chi connectivity index (χ0n) is 9.59. The average molecular weight is 314 g/mol. The molecule has 0 saturated carbocycles. The second kappa shape index (κ2) is 6.14. The number of hydrogen-bond donors (Lipinski definition) is 0. The maximum Gasteiger partial charge on any atom is -1.00 e. The Morgan fingerprint density at radius 1 is 1.06 bits per heavy atom. The zero-order valence-corrected chi connectivity index (χ0v) is 12.8. The summed E-state index contributed by atoms with van der Waals surface area (Å²) in [6, 6.07) is 0. The summed E-state index contributed by atoms with van der Waals surface area (Å²) in [5.74, 6) is 0. The SMILES string of the molecule is CC1=C(C([O][Zr+])C2=C(C)C=CC2)CC=C1.[Cl-]. The van der Waals surface area contributed by atoms with Crippen LogP contribution in [0.3, 0.4) is 0 Å². The van der Waals surface area contributed by atoms with Gasteiger partial charge in [0.15, 0.2) is 0 Å². The molecule has 1 nitrogen and oxygen atoms in total. The Morgan fingerprint density at radius 3 is 1.75 bits per heavy atom. The minimum absolute atomic E-state index is 0. The molecule has 0 unspecified atom stereocenters. The molecular weight excluding hydrogens is 299 g/mol. The molecule has 2 aliphatic rings. The standard InChI is InChI=1S/C13H15O.ClH.Zr/c1-9-5-3-7-11(9)13(14)12-8-4-6-10(12)2;;/h3-6,13H,7-8H2,1-2H3;1H;/q-1;;+2/p-1. The molecule has 0 aromatic heterocycles. The third-order valence-electron chi connectivity index (χ3n) is 3.18. The molecule has 0 bridgehead atoms. The predicted octanol–water partition coefficient (Wildman–Crippen LogP) is 0.390. The van der Waals surface area contributed by atoms with E-state index in [4.69, 9.17) is 2.81 Å². The second-order valence-corrected chi connectivity index (χ2v) is 4.71. The molecule has 0 radical (unpaired) electrons. The van der Waals surface area contributed by atoms with Crippen LogP contribution in [0.5, 0.6) is 0 Å². The van der Waals surface area contributed by atoms with Crippen LogP contribution in [-0.4, -0.2) is 6.10 Å². The van der Waals surface area contributed by atoms with Crippen LogP contribution >= 0.6 is 0 Å². The molecule has 16 heavy (non-hydrogen) atoms. The van der Waals surface area contributed by atoms with Crippen molar-refractivity contribution in [1.82, 2.24) is 0 Å². The van der Waals surface area contributed by atoms with Gasteiger partial charge in [-0.3, -0.25) is 0 Å². The summed E-state index contributed by atoms with van der Waals surface area (Å²) < 4.78 is 5.75. The molecule has 0 saturated heterocycles. The molecule has 84 valence electrons. The largest absolute Gasteiger partial charge is 1.00 e. The summed E-state index contributed by atoms with van der Waals surface area (Å²) in [5.41, 5.74) is 5.67. The summed E-state index contributed by atoms with van der Waals surface area (Å²) in [5, 5.41) is 0. The van der Waals surface area contributed by atoms with Crippen molar-refractivity contribution < 1.29 is 40.4 Å². The van der Waals surface area contributed by atoms with Gasteiger partial charge in [-0.05, 0) is 0 Å². The van der Waals surface area contributed by atoms with Crippen LogP contribution < -0.4 is 12.4 Å². The van der Waals surface area contributed by atoms with E-state index in [2.05, 4.69) is 38.2 Å². The Bertz CT molecular complexity index is 355. The van der Waals surface area contributed by atoms with Crippen LogP contribution in [0, 0.1) is 0 Å². The quantitative estimate of drug-likeness (QED) is 0.732. The van der Waals surface area contributed by atoms with E-state index >= 15 is 0 Å². The van der Waals surface area contributed by atoms with Crippen molar-refractivity contribution in [3.05, 3.63) is 46.6 Å². The van der Waals surface area contributed by atoms with E-state index in [0.717, 1.165) is 38.0 Å². The first-order chi connectivity index (χ1) is 7.24. The van der Waals surface area contributed by atoms with Gasteiger partial charge >= 0.3 is 107 Å². The fraction of sp³-hybridized carbons (Fsp3) is 0.385. The number of hydrogen-bond acceptors (Lipinski definition) is 1. The van der Waals surface area contributed by atoms with Crippen molar-refractivity contribution >= 4 is 0 Å². The monoisotopic (exact) mass is 312 g/mol. The smallest absolute Gasteiger partial charge is 1.00 e. The zero-order chi connectivity index (χ0) is 10.8. The van der Waals surface area contributed by atoms with E-state index in [1.807, 2.05) is 0 Å². The molecule has 0 aromatic carbocycles. The topological polar surface area (TPSA) is 9.23 Å². The van der Waals surface area contributed by atoms with E-state index in [0.29, 0.717) is 0 Å². The maximum absolute atomic E-state index is 5.75. The third-order valence-corrected chi connectivity index (χ3v) is 3.75. The van der Waals surface area contributed by atoms with E-state index in [1.54, 1.807) is 0 Å². The summed E-state index contributed by atoms with van der Waals surface area (Å²) in [7, 11) is 0. The van der Waals surface area contributed by atoms with Crippen LogP contribution in [0.4, 0.5) is 0 Å². The van der Waals surface area contributed by atoms with Crippen LogP contribution in [0.2, 0.25) is 0 Å². The van der Waals surface area contributed by atoms with Gasteiger partial charge in [-0.2, -0.15) is 0 Å². The van der Waals surface area contributed by atoms with Gasteiger partial charge in [0.05, 0.1) is 0 Å². The van der Waals surface area contributed by atoms with Gasteiger partial charge in [-0.15, -0.1) is 0 Å². The molecule has 2 aliphatic carbocycles. The minimum atomic E-state index is 0. The fourth-order valence-electron chi connectivity index (χ4n) is 2.24. The molecule has 0 spiro atoms. The molecule has 0 heterocycles. The van der Waals surface area contributed by atoms with Crippen molar-refractivity contribution in [3.63, 3.8) is 0 Å². The molecule has 0 aromatic rings. The number of rotatable bonds is 3. The van der Waals surface area contributed by atoms with Crippen LogP contribution in [-0.2, 0) is 28.0 Å². The third kappa shape index (κ3) is 2.67. The first-order valence-electron chi connectivity index (χ1n) is 5.28. The van der Waals surface area contributed by atoms with Gasteiger partial charge < -0.3 is 12.4 Å². The van der Waals surface area contributed by atoms with Gasteiger partial charge in [0.1, 0.15) is 0 Å². The van der Waals surface area contributed by atoms with Crippen LogP contribution in [0.25, 0.3) is 0 Å². The van der Waals surface area contributed by atoms with E-state index in [-0.39, 0.29) is 18.5 Å². The molecule has 0 N–H and O–H groups in total. The Kier molecular flexibility index (Phi) is 5.43. The van der Waals surface area contributed by atoms with E-state index < -0.39 is 0 Å².